The third-order valence-electron chi connectivity index (χ3n) is 2.40. The van der Waals surface area contributed by atoms with Crippen LogP contribution in [0.4, 0.5) is 8.78 Å². The van der Waals surface area contributed by atoms with Crippen molar-refractivity contribution in [3.8, 4) is 17.2 Å². The van der Waals surface area contributed by atoms with E-state index in [0.29, 0.717) is 17.1 Å². The summed E-state index contributed by atoms with van der Waals surface area (Å²) in [5, 5.41) is 0. The molecule has 2 aromatic rings. The zero-order valence-electron chi connectivity index (χ0n) is 10.0. The fraction of sp³-hybridized carbons (Fsp3) is 0.143. The first-order valence-corrected chi connectivity index (χ1v) is 5.37. The second-order valence-electron chi connectivity index (χ2n) is 3.84. The maximum atomic E-state index is 13.6. The van der Waals surface area contributed by atoms with Gasteiger partial charge in [-0.2, -0.15) is 0 Å². The number of methoxy groups -OCH3 is 1. The molecule has 0 saturated carbocycles. The fourth-order valence-corrected chi connectivity index (χ4v) is 1.57. The van der Waals surface area contributed by atoms with E-state index in [9.17, 15) is 8.78 Å². The molecule has 0 aliphatic rings. The highest BCUT2D eigenvalue weighted by Gasteiger charge is 2.12. The van der Waals surface area contributed by atoms with Gasteiger partial charge < -0.3 is 9.47 Å². The number of hydrogen-bond acceptors (Lipinski definition) is 2. The van der Waals surface area contributed by atoms with Gasteiger partial charge in [-0.05, 0) is 36.8 Å². The summed E-state index contributed by atoms with van der Waals surface area (Å²) in [6.45, 7) is 1.61. The minimum Gasteiger partial charge on any atom is -0.497 e. The molecule has 0 radical (unpaired) electrons. The van der Waals surface area contributed by atoms with Crippen LogP contribution in [0.5, 0.6) is 17.2 Å². The van der Waals surface area contributed by atoms with E-state index >= 15 is 0 Å². The molecule has 0 aliphatic carbocycles. The normalized spacial score (nSPS) is 10.2. The van der Waals surface area contributed by atoms with Crippen LogP contribution in [0.15, 0.2) is 36.4 Å². The fourth-order valence-electron chi connectivity index (χ4n) is 1.57. The summed E-state index contributed by atoms with van der Waals surface area (Å²) in [5.41, 5.74) is 0.503. The van der Waals surface area contributed by atoms with Crippen LogP contribution in [0.2, 0.25) is 0 Å². The molecule has 0 fully saturated rings. The van der Waals surface area contributed by atoms with E-state index in [-0.39, 0.29) is 0 Å². The van der Waals surface area contributed by atoms with Gasteiger partial charge in [0.2, 0.25) is 0 Å². The number of aryl methyl sites for hydroxylation is 1. The molecule has 0 spiro atoms. The van der Waals surface area contributed by atoms with Crippen LogP contribution >= 0.6 is 0 Å². The van der Waals surface area contributed by atoms with Crippen molar-refractivity contribution in [3.05, 3.63) is 53.6 Å². The summed E-state index contributed by atoms with van der Waals surface area (Å²) in [7, 11) is 1.51. The third-order valence-corrected chi connectivity index (χ3v) is 2.40. The highest BCUT2D eigenvalue weighted by molar-refractivity contribution is 5.38. The largest absolute Gasteiger partial charge is 0.497 e. The van der Waals surface area contributed by atoms with E-state index in [0.717, 1.165) is 0 Å². The molecule has 0 heterocycles. The number of halogens is 2. The Hall–Kier alpha value is -2.10. The lowest BCUT2D eigenvalue weighted by Crippen LogP contribution is -1.94. The van der Waals surface area contributed by atoms with E-state index in [4.69, 9.17) is 9.47 Å². The standard InChI is InChI=1S/C14H12F2O2/c1-9-6-12(15)14(13(16)7-9)18-11-5-3-4-10(8-11)17-2/h3-8H,1-2H3. The van der Waals surface area contributed by atoms with Crippen molar-refractivity contribution in [3.63, 3.8) is 0 Å². The topological polar surface area (TPSA) is 18.5 Å². The van der Waals surface area contributed by atoms with Gasteiger partial charge >= 0.3 is 0 Å². The van der Waals surface area contributed by atoms with Crippen LogP contribution in [-0.2, 0) is 0 Å². The summed E-state index contributed by atoms with van der Waals surface area (Å²) < 4.78 is 37.4. The Labute approximate surface area is 104 Å². The van der Waals surface area contributed by atoms with Gasteiger partial charge in [0, 0.05) is 6.07 Å². The predicted molar refractivity (Wildman–Crippen MR) is 64.2 cm³/mol. The van der Waals surface area contributed by atoms with Crippen molar-refractivity contribution in [2.75, 3.05) is 7.11 Å². The molecule has 2 nitrogen and oxygen atoms in total. The van der Waals surface area contributed by atoms with Gasteiger partial charge in [-0.1, -0.05) is 6.07 Å². The number of benzene rings is 2. The lowest BCUT2D eigenvalue weighted by atomic mass is 10.2. The van der Waals surface area contributed by atoms with E-state index in [2.05, 4.69) is 0 Å². The molecule has 0 N–H and O–H groups in total. The van der Waals surface area contributed by atoms with Crippen LogP contribution in [0, 0.1) is 18.6 Å². The SMILES string of the molecule is COc1cccc(Oc2c(F)cc(C)cc2F)c1. The zero-order valence-corrected chi connectivity index (χ0v) is 10.0. The van der Waals surface area contributed by atoms with Gasteiger partial charge in [0.15, 0.2) is 17.4 Å². The van der Waals surface area contributed by atoms with E-state index in [1.807, 2.05) is 0 Å². The first-order valence-electron chi connectivity index (χ1n) is 5.37. The average Bonchev–Trinajstić information content (AvgIpc) is 2.34. The molecular weight excluding hydrogens is 238 g/mol. The maximum Gasteiger partial charge on any atom is 0.198 e. The van der Waals surface area contributed by atoms with Crippen molar-refractivity contribution in [1.82, 2.24) is 0 Å². The first-order chi connectivity index (χ1) is 8.60. The Morgan fingerprint density at radius 1 is 0.944 bits per heavy atom. The molecule has 0 unspecified atom stereocenters. The van der Waals surface area contributed by atoms with E-state index < -0.39 is 17.4 Å². The average molecular weight is 250 g/mol. The molecule has 18 heavy (non-hydrogen) atoms. The highest BCUT2D eigenvalue weighted by atomic mass is 19.1. The number of ether oxygens (including phenoxy) is 2. The van der Waals surface area contributed by atoms with Gasteiger partial charge in [0.05, 0.1) is 7.11 Å². The van der Waals surface area contributed by atoms with Gasteiger partial charge in [-0.15, -0.1) is 0 Å². The van der Waals surface area contributed by atoms with Gasteiger partial charge in [0.25, 0.3) is 0 Å². The van der Waals surface area contributed by atoms with Gasteiger partial charge in [0.1, 0.15) is 11.5 Å². The molecule has 0 aliphatic heterocycles. The summed E-state index contributed by atoms with van der Waals surface area (Å²) in [6.07, 6.45) is 0. The molecule has 2 aromatic carbocycles. The van der Waals surface area contributed by atoms with Gasteiger partial charge in [-0.25, -0.2) is 8.78 Å². The van der Waals surface area contributed by atoms with Crippen LogP contribution in [-0.4, -0.2) is 7.11 Å². The highest BCUT2D eigenvalue weighted by Crippen LogP contribution is 2.30. The molecule has 4 heteroatoms. The summed E-state index contributed by atoms with van der Waals surface area (Å²) in [6, 6.07) is 8.99. The molecule has 94 valence electrons. The van der Waals surface area contributed by atoms with Crippen LogP contribution in [0.25, 0.3) is 0 Å². The smallest absolute Gasteiger partial charge is 0.198 e. The Kier molecular flexibility index (Phi) is 3.46. The van der Waals surface area contributed by atoms with E-state index in [1.54, 1.807) is 31.2 Å². The molecular formula is C14H12F2O2. The Balaban J connectivity index is 2.33. The summed E-state index contributed by atoms with van der Waals surface area (Å²) >= 11 is 0. The predicted octanol–water partition coefficient (Wildman–Crippen LogP) is 4.07. The molecule has 2 rings (SSSR count). The molecule has 0 aromatic heterocycles. The summed E-state index contributed by atoms with van der Waals surface area (Å²) in [4.78, 5) is 0. The maximum absolute atomic E-state index is 13.6. The minimum atomic E-state index is -0.727. The van der Waals surface area contributed by atoms with Crippen molar-refractivity contribution in [1.29, 1.82) is 0 Å². The number of rotatable bonds is 3. The van der Waals surface area contributed by atoms with Crippen LogP contribution < -0.4 is 9.47 Å². The lowest BCUT2D eigenvalue weighted by molar-refractivity contribution is 0.393. The van der Waals surface area contributed by atoms with Crippen molar-refractivity contribution < 1.29 is 18.3 Å². The molecule has 0 amide bonds. The van der Waals surface area contributed by atoms with Crippen molar-refractivity contribution in [2.45, 2.75) is 6.92 Å². The second kappa shape index (κ2) is 5.04. The zero-order chi connectivity index (χ0) is 13.1. The summed E-state index contributed by atoms with van der Waals surface area (Å²) in [5.74, 6) is -0.990. The number of hydrogen-bond donors (Lipinski definition) is 0. The minimum absolute atomic E-state index is 0.316. The lowest BCUT2D eigenvalue weighted by Gasteiger charge is -2.09. The van der Waals surface area contributed by atoms with Crippen molar-refractivity contribution in [2.24, 2.45) is 0 Å². The Bertz CT molecular complexity index is 544. The van der Waals surface area contributed by atoms with Crippen molar-refractivity contribution >= 4 is 0 Å². The van der Waals surface area contributed by atoms with Crippen LogP contribution in [0.3, 0.4) is 0 Å². The molecule has 0 bridgehead atoms. The quantitative estimate of drug-likeness (QED) is 0.817. The van der Waals surface area contributed by atoms with E-state index in [1.165, 1.54) is 19.2 Å². The molecule has 0 atom stereocenters. The van der Waals surface area contributed by atoms with Crippen LogP contribution in [0.1, 0.15) is 5.56 Å². The Morgan fingerprint density at radius 3 is 2.17 bits per heavy atom. The Morgan fingerprint density at radius 2 is 1.56 bits per heavy atom. The van der Waals surface area contributed by atoms with Gasteiger partial charge in [-0.3, -0.25) is 0 Å². The third kappa shape index (κ3) is 2.59. The first kappa shape index (κ1) is 12.4. The molecule has 0 saturated heterocycles. The second-order valence-corrected chi connectivity index (χ2v) is 3.84. The monoisotopic (exact) mass is 250 g/mol.